The van der Waals surface area contributed by atoms with Crippen LogP contribution in [-0.2, 0) is 22.6 Å². The van der Waals surface area contributed by atoms with Gasteiger partial charge in [-0.05, 0) is 42.7 Å². The smallest absolute Gasteiger partial charge is 0.334 e. The van der Waals surface area contributed by atoms with Gasteiger partial charge >= 0.3 is 5.97 Å². The van der Waals surface area contributed by atoms with Crippen molar-refractivity contribution in [3.63, 3.8) is 0 Å². The number of carbonyl (C=O) groups excluding carboxylic acids is 2. The number of carboxylic acids is 1. The summed E-state index contributed by atoms with van der Waals surface area (Å²) in [4.78, 5) is 35.8. The second-order valence-electron chi connectivity index (χ2n) is 7.32. The molecule has 2 aromatic carbocycles. The van der Waals surface area contributed by atoms with E-state index in [0.29, 0.717) is 23.6 Å². The second kappa shape index (κ2) is 9.72. The van der Waals surface area contributed by atoms with Crippen LogP contribution in [0, 0.1) is 0 Å². The van der Waals surface area contributed by atoms with Crippen LogP contribution >= 0.6 is 11.6 Å². The lowest BCUT2D eigenvalue weighted by atomic mass is 10.0. The molecule has 0 aliphatic carbocycles. The fourth-order valence-corrected chi connectivity index (χ4v) is 3.44. The van der Waals surface area contributed by atoms with Gasteiger partial charge in [-0.3, -0.25) is 9.59 Å². The Balaban J connectivity index is 1.70. The highest BCUT2D eigenvalue weighted by atomic mass is 35.5. The molecule has 2 atom stereocenters. The molecule has 0 saturated carbocycles. The third-order valence-electron chi connectivity index (χ3n) is 4.88. The van der Waals surface area contributed by atoms with Gasteiger partial charge in [0, 0.05) is 16.3 Å². The molecule has 31 heavy (non-hydrogen) atoms. The average Bonchev–Trinajstić information content (AvgIpc) is 3.05. The molecule has 2 amide bonds. The van der Waals surface area contributed by atoms with Crippen LogP contribution in [0.3, 0.4) is 0 Å². The van der Waals surface area contributed by atoms with Crippen molar-refractivity contribution in [1.29, 1.82) is 0 Å². The van der Waals surface area contributed by atoms with Crippen molar-refractivity contribution in [3.05, 3.63) is 70.2 Å². The number of halogens is 1. The molecule has 3 rings (SSSR count). The minimum absolute atomic E-state index is 0.0470. The topological polar surface area (TPSA) is 119 Å². The normalized spacial score (nSPS) is 15.4. The summed E-state index contributed by atoms with van der Waals surface area (Å²) in [6.45, 7) is 2.08. The van der Waals surface area contributed by atoms with Gasteiger partial charge < -0.3 is 15.5 Å². The minimum Gasteiger partial charge on any atom is -0.479 e. The third-order valence-corrected chi connectivity index (χ3v) is 5.25. The SMILES string of the molecule is CC1=NN(Cc2ccc(C(=O)N[C@H](Cc3ccccc3Cl)[C@@H](O)C(=O)O)cc2)C(=O)C1. The predicted molar refractivity (Wildman–Crippen MR) is 115 cm³/mol. The van der Waals surface area contributed by atoms with E-state index in [0.717, 1.165) is 11.3 Å². The number of amides is 2. The van der Waals surface area contributed by atoms with E-state index in [4.69, 9.17) is 11.6 Å². The van der Waals surface area contributed by atoms with Crippen LogP contribution in [-0.4, -0.2) is 50.9 Å². The third kappa shape index (κ3) is 5.68. The Labute approximate surface area is 184 Å². The second-order valence-corrected chi connectivity index (χ2v) is 7.73. The Bertz CT molecular complexity index is 1020. The zero-order valence-electron chi connectivity index (χ0n) is 16.8. The molecule has 162 valence electrons. The van der Waals surface area contributed by atoms with Gasteiger partial charge in [-0.2, -0.15) is 5.10 Å². The van der Waals surface area contributed by atoms with Crippen LogP contribution in [0.2, 0.25) is 5.02 Å². The maximum Gasteiger partial charge on any atom is 0.334 e. The number of carbonyl (C=O) groups is 3. The fraction of sp³-hybridized carbons (Fsp3) is 0.273. The van der Waals surface area contributed by atoms with Gasteiger partial charge in [0.15, 0.2) is 6.10 Å². The Kier molecular flexibility index (Phi) is 7.04. The molecule has 9 heteroatoms. The van der Waals surface area contributed by atoms with Crippen molar-refractivity contribution < 1.29 is 24.6 Å². The molecule has 0 fully saturated rings. The molecule has 0 aromatic heterocycles. The van der Waals surface area contributed by atoms with Crippen LogP contribution < -0.4 is 5.32 Å². The standard InChI is InChI=1S/C22H22ClN3O5/c1-13-10-19(27)26(25-13)12-14-6-8-15(9-7-14)21(29)24-18(20(28)22(30)31)11-16-4-2-3-5-17(16)23/h2-9,18,20,28H,10-12H2,1H3,(H,24,29)(H,30,31)/t18-,20-/m1/s1. The molecule has 1 aliphatic heterocycles. The number of nitrogens with zero attached hydrogens (tertiary/aromatic N) is 2. The molecule has 8 nitrogen and oxygen atoms in total. The van der Waals surface area contributed by atoms with E-state index >= 15 is 0 Å². The first-order valence-electron chi connectivity index (χ1n) is 9.63. The number of hydrogen-bond acceptors (Lipinski definition) is 5. The number of aliphatic hydroxyl groups is 1. The lowest BCUT2D eigenvalue weighted by Crippen LogP contribution is -2.48. The van der Waals surface area contributed by atoms with Gasteiger partial charge in [0.2, 0.25) is 5.91 Å². The van der Waals surface area contributed by atoms with E-state index < -0.39 is 24.0 Å². The monoisotopic (exact) mass is 443 g/mol. The van der Waals surface area contributed by atoms with E-state index in [9.17, 15) is 24.6 Å². The molecule has 3 N–H and O–H groups in total. The number of benzene rings is 2. The molecule has 0 saturated heterocycles. The summed E-state index contributed by atoms with van der Waals surface area (Å²) in [6.07, 6.45) is -1.45. The lowest BCUT2D eigenvalue weighted by molar-refractivity contribution is -0.148. The van der Waals surface area contributed by atoms with E-state index in [1.165, 1.54) is 5.01 Å². The highest BCUT2D eigenvalue weighted by molar-refractivity contribution is 6.31. The quantitative estimate of drug-likeness (QED) is 0.578. The summed E-state index contributed by atoms with van der Waals surface area (Å²) in [5.41, 5.74) is 2.44. The summed E-state index contributed by atoms with van der Waals surface area (Å²) < 4.78 is 0. The Morgan fingerprint density at radius 1 is 1.19 bits per heavy atom. The van der Waals surface area contributed by atoms with Crippen LogP contribution in [0.5, 0.6) is 0 Å². The number of aliphatic hydroxyl groups excluding tert-OH is 1. The maximum atomic E-state index is 12.7. The molecule has 2 aromatic rings. The number of rotatable bonds is 8. The zero-order chi connectivity index (χ0) is 22.5. The van der Waals surface area contributed by atoms with Gasteiger partial charge in [0.25, 0.3) is 5.91 Å². The first-order chi connectivity index (χ1) is 14.7. The Hall–Kier alpha value is -3.23. The Morgan fingerprint density at radius 3 is 2.45 bits per heavy atom. The molecular weight excluding hydrogens is 422 g/mol. The highest BCUT2D eigenvalue weighted by Crippen LogP contribution is 2.19. The number of carboxylic acid groups (broad SMARTS) is 1. The number of aliphatic carboxylic acids is 1. The first-order valence-corrected chi connectivity index (χ1v) is 10.0. The van der Waals surface area contributed by atoms with E-state index in [2.05, 4.69) is 10.4 Å². The molecule has 0 spiro atoms. The van der Waals surface area contributed by atoms with Crippen molar-refractivity contribution >= 4 is 35.1 Å². The van der Waals surface area contributed by atoms with Crippen molar-refractivity contribution in [2.45, 2.75) is 38.5 Å². The summed E-state index contributed by atoms with van der Waals surface area (Å²) in [6, 6.07) is 12.3. The number of hydrogen-bond donors (Lipinski definition) is 3. The number of hydrazone groups is 1. The van der Waals surface area contributed by atoms with Crippen molar-refractivity contribution in [2.24, 2.45) is 5.10 Å². The summed E-state index contributed by atoms with van der Waals surface area (Å²) in [5, 5.41) is 27.8. The number of nitrogens with one attached hydrogen (secondary N) is 1. The molecule has 0 bridgehead atoms. The lowest BCUT2D eigenvalue weighted by Gasteiger charge is -2.22. The largest absolute Gasteiger partial charge is 0.479 e. The van der Waals surface area contributed by atoms with Crippen LogP contribution in [0.4, 0.5) is 0 Å². The average molecular weight is 444 g/mol. The van der Waals surface area contributed by atoms with Crippen molar-refractivity contribution in [3.8, 4) is 0 Å². The maximum absolute atomic E-state index is 12.7. The summed E-state index contributed by atoms with van der Waals surface area (Å²) in [5.74, 6) is -2.06. The van der Waals surface area contributed by atoms with Crippen LogP contribution in [0.25, 0.3) is 0 Å². The minimum atomic E-state index is -1.80. The first kappa shape index (κ1) is 22.5. The van der Waals surface area contributed by atoms with Gasteiger partial charge in [0.05, 0.1) is 19.0 Å². The van der Waals surface area contributed by atoms with Crippen molar-refractivity contribution in [1.82, 2.24) is 10.3 Å². The van der Waals surface area contributed by atoms with Gasteiger partial charge in [-0.1, -0.05) is 41.9 Å². The molecule has 0 unspecified atom stereocenters. The molecule has 1 heterocycles. The zero-order valence-corrected chi connectivity index (χ0v) is 17.5. The van der Waals surface area contributed by atoms with Gasteiger partial charge in [0.1, 0.15) is 0 Å². The van der Waals surface area contributed by atoms with Crippen molar-refractivity contribution in [2.75, 3.05) is 0 Å². The fourth-order valence-electron chi connectivity index (χ4n) is 3.23. The summed E-state index contributed by atoms with van der Waals surface area (Å²) >= 11 is 6.13. The van der Waals surface area contributed by atoms with Gasteiger partial charge in [-0.15, -0.1) is 0 Å². The highest BCUT2D eigenvalue weighted by Gasteiger charge is 2.28. The predicted octanol–water partition coefficient (Wildman–Crippen LogP) is 2.23. The van der Waals surface area contributed by atoms with Gasteiger partial charge in [-0.25, -0.2) is 9.80 Å². The van der Waals surface area contributed by atoms with E-state index in [-0.39, 0.29) is 17.9 Å². The molecule has 0 radical (unpaired) electrons. The summed E-state index contributed by atoms with van der Waals surface area (Å²) in [7, 11) is 0. The van der Waals surface area contributed by atoms with E-state index in [1.807, 2.05) is 0 Å². The van der Waals surface area contributed by atoms with E-state index in [1.54, 1.807) is 55.5 Å². The Morgan fingerprint density at radius 2 is 1.87 bits per heavy atom. The van der Waals surface area contributed by atoms with Crippen LogP contribution in [0.15, 0.2) is 53.6 Å². The molecule has 1 aliphatic rings. The van der Waals surface area contributed by atoms with Crippen LogP contribution in [0.1, 0.15) is 34.8 Å². The molecular formula is C22H22ClN3O5.